The summed E-state index contributed by atoms with van der Waals surface area (Å²) in [6.45, 7) is 1.14. The summed E-state index contributed by atoms with van der Waals surface area (Å²) < 4.78 is 0. The summed E-state index contributed by atoms with van der Waals surface area (Å²) in [5.74, 6) is 0. The molecule has 0 atom stereocenters. The molecule has 0 aliphatic carbocycles. The second kappa shape index (κ2) is 6.53. The topological polar surface area (TPSA) is 60.2 Å². The minimum atomic E-state index is 0.0343. The molecule has 1 heterocycles. The van der Waals surface area contributed by atoms with E-state index in [4.69, 9.17) is 5.26 Å². The number of rotatable bonds is 5. The van der Waals surface area contributed by atoms with E-state index in [2.05, 4.69) is 11.1 Å². The number of hydrogen-bond acceptors (Lipinski definition) is 4. The van der Waals surface area contributed by atoms with E-state index in [1.54, 1.807) is 18.5 Å². The number of hydrogen-bond donors (Lipinski definition) is 1. The monoisotopic (exact) mass is 253 g/mol. The molecule has 19 heavy (non-hydrogen) atoms. The van der Waals surface area contributed by atoms with Gasteiger partial charge in [-0.05, 0) is 11.6 Å². The molecule has 1 aromatic heterocycles. The normalized spacial score (nSPS) is 9.89. The first-order valence-electron chi connectivity index (χ1n) is 6.09. The fourth-order valence-electron chi connectivity index (χ4n) is 1.94. The molecule has 0 spiro atoms. The number of anilines is 1. The summed E-state index contributed by atoms with van der Waals surface area (Å²) in [5.41, 5.74) is 2.45. The Kier molecular flexibility index (Phi) is 4.49. The summed E-state index contributed by atoms with van der Waals surface area (Å²) in [6, 6.07) is 13.8. The molecular formula is C15H15N3O. The van der Waals surface area contributed by atoms with Gasteiger partial charge in [0.15, 0.2) is 0 Å². The number of benzene rings is 1. The standard InChI is InChI=1S/C15H15N3O/c16-10-14-6-7-17-11-15(14)18(8-9-19)12-13-4-2-1-3-5-13/h1-7,11,19H,8-9,12H2. The summed E-state index contributed by atoms with van der Waals surface area (Å²) in [6.07, 6.45) is 3.26. The molecule has 0 aliphatic heterocycles. The third-order valence-corrected chi connectivity index (χ3v) is 2.85. The van der Waals surface area contributed by atoms with E-state index in [0.29, 0.717) is 18.7 Å². The van der Waals surface area contributed by atoms with E-state index in [9.17, 15) is 5.11 Å². The molecule has 4 heteroatoms. The quantitative estimate of drug-likeness (QED) is 0.884. The zero-order valence-corrected chi connectivity index (χ0v) is 10.5. The van der Waals surface area contributed by atoms with Crippen LogP contribution in [0.5, 0.6) is 0 Å². The lowest BCUT2D eigenvalue weighted by Crippen LogP contribution is -2.27. The molecule has 2 rings (SSSR count). The predicted octanol–water partition coefficient (Wildman–Crippen LogP) is 1.95. The van der Waals surface area contributed by atoms with Crippen LogP contribution in [0.1, 0.15) is 11.1 Å². The second-order valence-corrected chi connectivity index (χ2v) is 4.14. The zero-order chi connectivity index (χ0) is 13.5. The fourth-order valence-corrected chi connectivity index (χ4v) is 1.94. The highest BCUT2D eigenvalue weighted by molar-refractivity contribution is 5.57. The Morgan fingerprint density at radius 2 is 2.00 bits per heavy atom. The van der Waals surface area contributed by atoms with Crippen LogP contribution in [0.2, 0.25) is 0 Å². The molecule has 0 saturated carbocycles. The van der Waals surface area contributed by atoms with Crippen LogP contribution >= 0.6 is 0 Å². The Balaban J connectivity index is 2.27. The number of aliphatic hydroxyl groups excluding tert-OH is 1. The van der Waals surface area contributed by atoms with Crippen LogP contribution < -0.4 is 4.90 Å². The van der Waals surface area contributed by atoms with E-state index in [1.807, 2.05) is 35.2 Å². The Morgan fingerprint density at radius 1 is 1.21 bits per heavy atom. The summed E-state index contributed by atoms with van der Waals surface area (Å²) in [7, 11) is 0. The Hall–Kier alpha value is -2.38. The first kappa shape index (κ1) is 13.1. The van der Waals surface area contributed by atoms with Crippen molar-refractivity contribution in [3.05, 3.63) is 59.9 Å². The summed E-state index contributed by atoms with van der Waals surface area (Å²) in [5, 5.41) is 18.3. The number of aliphatic hydroxyl groups is 1. The van der Waals surface area contributed by atoms with Gasteiger partial charge in [0, 0.05) is 19.3 Å². The highest BCUT2D eigenvalue weighted by Gasteiger charge is 2.11. The van der Waals surface area contributed by atoms with Gasteiger partial charge in [-0.2, -0.15) is 5.26 Å². The van der Waals surface area contributed by atoms with Gasteiger partial charge in [-0.1, -0.05) is 30.3 Å². The maximum absolute atomic E-state index is 9.19. The maximum Gasteiger partial charge on any atom is 0.101 e. The van der Waals surface area contributed by atoms with E-state index >= 15 is 0 Å². The first-order chi connectivity index (χ1) is 9.35. The van der Waals surface area contributed by atoms with Gasteiger partial charge in [-0.3, -0.25) is 4.98 Å². The Bertz CT molecular complexity index is 563. The largest absolute Gasteiger partial charge is 0.395 e. The van der Waals surface area contributed by atoms with Gasteiger partial charge in [-0.15, -0.1) is 0 Å². The average Bonchev–Trinajstić information content (AvgIpc) is 2.48. The van der Waals surface area contributed by atoms with Crippen molar-refractivity contribution >= 4 is 5.69 Å². The van der Waals surface area contributed by atoms with E-state index in [0.717, 1.165) is 11.3 Å². The van der Waals surface area contributed by atoms with Gasteiger partial charge in [-0.25, -0.2) is 0 Å². The number of nitrogens with zero attached hydrogens (tertiary/aromatic N) is 3. The van der Waals surface area contributed by atoms with Crippen molar-refractivity contribution in [1.29, 1.82) is 5.26 Å². The minimum Gasteiger partial charge on any atom is -0.395 e. The lowest BCUT2D eigenvalue weighted by molar-refractivity contribution is 0.301. The van der Waals surface area contributed by atoms with Gasteiger partial charge >= 0.3 is 0 Å². The first-order valence-corrected chi connectivity index (χ1v) is 6.09. The van der Waals surface area contributed by atoms with Gasteiger partial charge in [0.25, 0.3) is 0 Å². The maximum atomic E-state index is 9.19. The number of aromatic nitrogens is 1. The van der Waals surface area contributed by atoms with E-state index in [1.165, 1.54) is 0 Å². The molecule has 0 amide bonds. The Labute approximate surface area is 112 Å². The highest BCUT2D eigenvalue weighted by Crippen LogP contribution is 2.20. The molecule has 0 radical (unpaired) electrons. The predicted molar refractivity (Wildman–Crippen MR) is 73.5 cm³/mol. The molecule has 0 fully saturated rings. The van der Waals surface area contributed by atoms with Crippen molar-refractivity contribution < 1.29 is 5.11 Å². The molecule has 0 unspecified atom stereocenters. The number of pyridine rings is 1. The van der Waals surface area contributed by atoms with Crippen LogP contribution in [-0.4, -0.2) is 23.2 Å². The van der Waals surface area contributed by atoms with Crippen molar-refractivity contribution in [3.8, 4) is 6.07 Å². The van der Waals surface area contributed by atoms with Crippen molar-refractivity contribution in [1.82, 2.24) is 4.98 Å². The SMILES string of the molecule is N#Cc1ccncc1N(CCO)Cc1ccccc1. The number of nitriles is 1. The van der Waals surface area contributed by atoms with Crippen LogP contribution in [-0.2, 0) is 6.54 Å². The van der Waals surface area contributed by atoms with Crippen molar-refractivity contribution in [2.45, 2.75) is 6.54 Å². The van der Waals surface area contributed by atoms with Crippen LogP contribution in [0.15, 0.2) is 48.8 Å². The lowest BCUT2D eigenvalue weighted by atomic mass is 10.1. The second-order valence-electron chi connectivity index (χ2n) is 4.14. The summed E-state index contributed by atoms with van der Waals surface area (Å²) >= 11 is 0. The minimum absolute atomic E-state index is 0.0343. The van der Waals surface area contributed by atoms with Gasteiger partial charge in [0.2, 0.25) is 0 Å². The molecular weight excluding hydrogens is 238 g/mol. The fraction of sp³-hybridized carbons (Fsp3) is 0.200. The third-order valence-electron chi connectivity index (χ3n) is 2.85. The third kappa shape index (κ3) is 3.30. The molecule has 0 saturated heterocycles. The van der Waals surface area contributed by atoms with Crippen LogP contribution in [0.4, 0.5) is 5.69 Å². The van der Waals surface area contributed by atoms with Crippen LogP contribution in [0.25, 0.3) is 0 Å². The molecule has 96 valence electrons. The van der Waals surface area contributed by atoms with Crippen molar-refractivity contribution in [3.63, 3.8) is 0 Å². The smallest absolute Gasteiger partial charge is 0.101 e. The molecule has 1 aromatic carbocycles. The van der Waals surface area contributed by atoms with Gasteiger partial charge in [0.1, 0.15) is 6.07 Å². The van der Waals surface area contributed by atoms with Crippen molar-refractivity contribution in [2.24, 2.45) is 0 Å². The average molecular weight is 253 g/mol. The van der Waals surface area contributed by atoms with E-state index < -0.39 is 0 Å². The van der Waals surface area contributed by atoms with E-state index in [-0.39, 0.29) is 6.61 Å². The highest BCUT2D eigenvalue weighted by atomic mass is 16.3. The molecule has 0 bridgehead atoms. The van der Waals surface area contributed by atoms with Crippen molar-refractivity contribution in [2.75, 3.05) is 18.1 Å². The van der Waals surface area contributed by atoms with Crippen LogP contribution in [0, 0.1) is 11.3 Å². The van der Waals surface area contributed by atoms with Gasteiger partial charge in [0.05, 0.1) is 24.1 Å². The van der Waals surface area contributed by atoms with Crippen LogP contribution in [0.3, 0.4) is 0 Å². The molecule has 1 N–H and O–H groups in total. The molecule has 0 aliphatic rings. The zero-order valence-electron chi connectivity index (χ0n) is 10.5. The van der Waals surface area contributed by atoms with Gasteiger partial charge < -0.3 is 10.0 Å². The lowest BCUT2D eigenvalue weighted by Gasteiger charge is -2.24. The summed E-state index contributed by atoms with van der Waals surface area (Å²) in [4.78, 5) is 6.02. The molecule has 4 nitrogen and oxygen atoms in total. The Morgan fingerprint density at radius 3 is 2.68 bits per heavy atom. The molecule has 2 aromatic rings.